The third-order valence-corrected chi connectivity index (χ3v) is 6.01. The largest absolute Gasteiger partial charge is 0.497 e. The van der Waals surface area contributed by atoms with Crippen LogP contribution in [0.2, 0.25) is 0 Å². The Hall–Kier alpha value is -3.64. The van der Waals surface area contributed by atoms with Crippen LogP contribution >= 0.6 is 11.3 Å². The first-order chi connectivity index (χ1) is 15.8. The second-order valence-electron chi connectivity index (χ2n) is 8.76. The monoisotopic (exact) mass is 457 g/mol. The molecule has 0 aliphatic heterocycles. The zero-order valence-electron chi connectivity index (χ0n) is 19.2. The van der Waals surface area contributed by atoms with Crippen molar-refractivity contribution in [3.63, 3.8) is 0 Å². The lowest BCUT2D eigenvalue weighted by Gasteiger charge is -2.19. The maximum absolute atomic E-state index is 12.7. The van der Waals surface area contributed by atoms with Crippen LogP contribution < -0.4 is 15.4 Å². The van der Waals surface area contributed by atoms with E-state index >= 15 is 0 Å². The Morgan fingerprint density at radius 1 is 0.939 bits per heavy atom. The minimum atomic E-state index is -0.133. The first-order valence-electron chi connectivity index (χ1n) is 10.7. The van der Waals surface area contributed by atoms with Gasteiger partial charge in [-0.1, -0.05) is 51.1 Å². The van der Waals surface area contributed by atoms with E-state index in [1.54, 1.807) is 7.11 Å². The average molecular weight is 458 g/mol. The van der Waals surface area contributed by atoms with Gasteiger partial charge >= 0.3 is 0 Å². The van der Waals surface area contributed by atoms with E-state index in [-0.39, 0.29) is 11.3 Å². The highest BCUT2D eigenvalue weighted by molar-refractivity contribution is 7.14. The lowest BCUT2D eigenvalue weighted by Crippen LogP contribution is -2.14. The van der Waals surface area contributed by atoms with Crippen molar-refractivity contribution in [1.29, 1.82) is 0 Å². The number of methoxy groups -OCH3 is 1. The fourth-order valence-electron chi connectivity index (χ4n) is 3.37. The van der Waals surface area contributed by atoms with Crippen LogP contribution in [-0.4, -0.2) is 18.0 Å². The molecule has 0 atom stereocenters. The van der Waals surface area contributed by atoms with Crippen molar-refractivity contribution in [3.05, 3.63) is 89.3 Å². The molecule has 0 aliphatic carbocycles. The van der Waals surface area contributed by atoms with Crippen molar-refractivity contribution in [3.8, 4) is 17.0 Å². The molecule has 6 heteroatoms. The number of anilines is 3. The van der Waals surface area contributed by atoms with Crippen molar-refractivity contribution in [2.24, 2.45) is 0 Å². The maximum Gasteiger partial charge on any atom is 0.255 e. The van der Waals surface area contributed by atoms with E-state index in [2.05, 4.69) is 31.4 Å². The molecule has 0 bridgehead atoms. The number of hydrogen-bond donors (Lipinski definition) is 2. The van der Waals surface area contributed by atoms with Gasteiger partial charge in [0.25, 0.3) is 5.91 Å². The Labute approximate surface area is 198 Å². The number of benzene rings is 3. The number of rotatable bonds is 6. The number of ether oxygens (including phenoxy) is 1. The number of nitrogens with zero attached hydrogens (tertiary/aromatic N) is 1. The van der Waals surface area contributed by atoms with E-state index in [0.29, 0.717) is 5.56 Å². The van der Waals surface area contributed by atoms with Gasteiger partial charge in [0.2, 0.25) is 0 Å². The van der Waals surface area contributed by atoms with Crippen LogP contribution in [0.25, 0.3) is 11.3 Å². The van der Waals surface area contributed by atoms with Gasteiger partial charge in [-0.05, 0) is 47.4 Å². The normalized spacial score (nSPS) is 11.2. The quantitative estimate of drug-likeness (QED) is 0.324. The molecule has 0 saturated carbocycles. The van der Waals surface area contributed by atoms with Gasteiger partial charge in [-0.25, -0.2) is 4.98 Å². The van der Waals surface area contributed by atoms with Gasteiger partial charge in [0.05, 0.1) is 12.8 Å². The second kappa shape index (κ2) is 9.46. The Bertz CT molecular complexity index is 1260. The molecule has 0 fully saturated rings. The van der Waals surface area contributed by atoms with E-state index < -0.39 is 0 Å². The second-order valence-corrected chi connectivity index (χ2v) is 9.62. The third kappa shape index (κ3) is 5.59. The van der Waals surface area contributed by atoms with Crippen LogP contribution in [0.1, 0.15) is 36.7 Å². The Morgan fingerprint density at radius 2 is 1.67 bits per heavy atom. The van der Waals surface area contributed by atoms with Gasteiger partial charge in [0.1, 0.15) is 5.75 Å². The zero-order chi connectivity index (χ0) is 23.4. The molecular formula is C27H27N3O2S. The lowest BCUT2D eigenvalue weighted by molar-refractivity contribution is 0.102. The molecule has 1 amide bonds. The topological polar surface area (TPSA) is 63.2 Å². The molecule has 4 rings (SSSR count). The summed E-state index contributed by atoms with van der Waals surface area (Å²) in [4.78, 5) is 17.4. The minimum absolute atomic E-state index is 0.0527. The summed E-state index contributed by atoms with van der Waals surface area (Å²) in [7, 11) is 1.65. The summed E-state index contributed by atoms with van der Waals surface area (Å²) in [5.74, 6) is 0.652. The molecule has 0 aliphatic rings. The maximum atomic E-state index is 12.7. The van der Waals surface area contributed by atoms with Crippen LogP contribution in [-0.2, 0) is 5.41 Å². The summed E-state index contributed by atoms with van der Waals surface area (Å²) in [6.45, 7) is 6.47. The highest BCUT2D eigenvalue weighted by atomic mass is 32.1. The SMILES string of the molecule is COc1cccc(Nc2nc(-c3cccc(NC(=O)c4ccc(C(C)(C)C)cc4)c3)cs2)c1. The van der Waals surface area contributed by atoms with Crippen LogP contribution in [0.4, 0.5) is 16.5 Å². The van der Waals surface area contributed by atoms with Crippen LogP contribution in [0.15, 0.2) is 78.2 Å². The fraction of sp³-hybridized carbons (Fsp3) is 0.185. The number of nitrogens with one attached hydrogen (secondary N) is 2. The van der Waals surface area contributed by atoms with Gasteiger partial charge in [0.15, 0.2) is 5.13 Å². The smallest absolute Gasteiger partial charge is 0.255 e. The number of amides is 1. The number of carbonyl (C=O) groups is 1. The van der Waals surface area contributed by atoms with E-state index in [1.165, 1.54) is 16.9 Å². The molecule has 2 N–H and O–H groups in total. The van der Waals surface area contributed by atoms with E-state index in [9.17, 15) is 4.79 Å². The minimum Gasteiger partial charge on any atom is -0.497 e. The summed E-state index contributed by atoms with van der Waals surface area (Å²) >= 11 is 1.52. The third-order valence-electron chi connectivity index (χ3n) is 5.25. The molecule has 3 aromatic carbocycles. The lowest BCUT2D eigenvalue weighted by atomic mass is 9.87. The molecule has 0 radical (unpaired) electrons. The predicted molar refractivity (Wildman–Crippen MR) is 137 cm³/mol. The molecule has 1 heterocycles. The van der Waals surface area contributed by atoms with E-state index in [1.807, 2.05) is 78.2 Å². The van der Waals surface area contributed by atoms with Crippen LogP contribution in [0, 0.1) is 0 Å². The highest BCUT2D eigenvalue weighted by Gasteiger charge is 2.14. The molecule has 4 aromatic rings. The summed E-state index contributed by atoms with van der Waals surface area (Å²) in [5.41, 5.74) is 5.30. The van der Waals surface area contributed by atoms with Gasteiger partial charge in [0, 0.05) is 33.9 Å². The molecule has 5 nitrogen and oxygen atoms in total. The summed E-state index contributed by atoms with van der Waals surface area (Å²) in [6, 6.07) is 23.2. The molecule has 0 unspecified atom stereocenters. The average Bonchev–Trinajstić information content (AvgIpc) is 3.27. The number of aromatic nitrogens is 1. The van der Waals surface area contributed by atoms with E-state index in [4.69, 9.17) is 9.72 Å². The van der Waals surface area contributed by atoms with Crippen molar-refractivity contribution in [2.45, 2.75) is 26.2 Å². The Morgan fingerprint density at radius 3 is 2.39 bits per heavy atom. The first kappa shape index (κ1) is 22.6. The van der Waals surface area contributed by atoms with Gasteiger partial charge < -0.3 is 15.4 Å². The first-order valence-corrected chi connectivity index (χ1v) is 11.6. The van der Waals surface area contributed by atoms with Crippen LogP contribution in [0.5, 0.6) is 5.75 Å². The van der Waals surface area contributed by atoms with Crippen LogP contribution in [0.3, 0.4) is 0 Å². The van der Waals surface area contributed by atoms with Crippen molar-refractivity contribution < 1.29 is 9.53 Å². The summed E-state index contributed by atoms with van der Waals surface area (Å²) in [6.07, 6.45) is 0. The molecule has 0 saturated heterocycles. The summed E-state index contributed by atoms with van der Waals surface area (Å²) in [5, 5.41) is 9.08. The molecule has 0 spiro atoms. The van der Waals surface area contributed by atoms with Crippen molar-refractivity contribution >= 4 is 33.8 Å². The number of thiazole rings is 1. The molecule has 33 heavy (non-hydrogen) atoms. The fourth-order valence-corrected chi connectivity index (χ4v) is 4.11. The zero-order valence-corrected chi connectivity index (χ0v) is 20.0. The van der Waals surface area contributed by atoms with Crippen molar-refractivity contribution in [2.75, 3.05) is 17.7 Å². The van der Waals surface area contributed by atoms with Gasteiger partial charge in [-0.15, -0.1) is 11.3 Å². The molecule has 1 aromatic heterocycles. The van der Waals surface area contributed by atoms with E-state index in [0.717, 1.165) is 33.5 Å². The molecule has 168 valence electrons. The number of hydrogen-bond acceptors (Lipinski definition) is 5. The Balaban J connectivity index is 1.46. The highest BCUT2D eigenvalue weighted by Crippen LogP contribution is 2.30. The summed E-state index contributed by atoms with van der Waals surface area (Å²) < 4.78 is 5.27. The van der Waals surface area contributed by atoms with Gasteiger partial charge in [-0.3, -0.25) is 4.79 Å². The Kier molecular flexibility index (Phi) is 6.47. The van der Waals surface area contributed by atoms with Crippen molar-refractivity contribution in [1.82, 2.24) is 4.98 Å². The molecular weight excluding hydrogens is 430 g/mol. The standard InChI is InChI=1S/C27H27N3O2S/c1-27(2,3)20-13-11-18(12-14-20)25(31)28-21-8-5-7-19(15-21)24-17-33-26(30-24)29-22-9-6-10-23(16-22)32-4/h5-17H,1-4H3,(H,28,31)(H,29,30). The number of carbonyl (C=O) groups excluding carboxylic acids is 1. The van der Waals surface area contributed by atoms with Gasteiger partial charge in [-0.2, -0.15) is 0 Å². The predicted octanol–water partition coefficient (Wildman–Crippen LogP) is 7.11.